The molecule has 5 heterocycles. The number of anilines is 4. The Kier molecular flexibility index (Phi) is 6.45. The first kappa shape index (κ1) is 23.8. The molecule has 0 saturated heterocycles. The Labute approximate surface area is 209 Å². The number of nitrogens with one attached hydrogen (secondary N) is 3. The van der Waals surface area contributed by atoms with Crippen molar-refractivity contribution in [3.8, 4) is 0 Å². The van der Waals surface area contributed by atoms with Gasteiger partial charge in [-0.3, -0.25) is 0 Å². The lowest BCUT2D eigenvalue weighted by Gasteiger charge is -2.16. The van der Waals surface area contributed by atoms with E-state index in [1.807, 2.05) is 33.2 Å². The van der Waals surface area contributed by atoms with Crippen molar-refractivity contribution in [2.45, 2.75) is 25.9 Å². The van der Waals surface area contributed by atoms with E-state index in [0.717, 1.165) is 24.8 Å². The number of hydrogen-bond donors (Lipinski definition) is 3. The molecule has 0 aliphatic carbocycles. The van der Waals surface area contributed by atoms with Crippen molar-refractivity contribution in [1.82, 2.24) is 44.4 Å². The van der Waals surface area contributed by atoms with Gasteiger partial charge < -0.3 is 20.5 Å². The van der Waals surface area contributed by atoms with Crippen LogP contribution >= 0.6 is 0 Å². The second-order valence-corrected chi connectivity index (χ2v) is 8.26. The molecular weight excluding hydrogens is 482 g/mol. The highest BCUT2D eigenvalue weighted by Crippen LogP contribution is 2.27. The summed E-state index contributed by atoms with van der Waals surface area (Å²) in [5.74, 6) is 1.59. The van der Waals surface area contributed by atoms with Gasteiger partial charge in [0.1, 0.15) is 29.1 Å². The number of hydrogen-bond acceptors (Lipinski definition) is 11. The van der Waals surface area contributed by atoms with E-state index in [0.29, 0.717) is 40.1 Å². The number of nitrogens with zero attached hydrogens (tertiary/aromatic N) is 9. The molecule has 0 aromatic carbocycles. The summed E-state index contributed by atoms with van der Waals surface area (Å²) in [6.45, 7) is 3.65. The molecule has 37 heavy (non-hydrogen) atoms. The van der Waals surface area contributed by atoms with Gasteiger partial charge in [-0.25, -0.2) is 38.7 Å². The average molecular weight is 505 g/mol. The van der Waals surface area contributed by atoms with E-state index in [1.54, 1.807) is 17.0 Å². The first-order chi connectivity index (χ1) is 17.8. The van der Waals surface area contributed by atoms with E-state index in [-0.39, 0.29) is 12.0 Å². The molecule has 5 aromatic heterocycles. The molecule has 0 unspecified atom stereocenters. The monoisotopic (exact) mass is 504 g/mol. The van der Waals surface area contributed by atoms with Gasteiger partial charge in [0.05, 0.1) is 48.6 Å². The Morgan fingerprint density at radius 3 is 1.97 bits per heavy atom. The minimum Gasteiger partial charge on any atom is -0.360 e. The number of fused-ring (bicyclic) bond motifs is 1. The fraction of sp³-hybridized carbons (Fsp3) is 0.217. The maximum absolute atomic E-state index is 13.2. The van der Waals surface area contributed by atoms with Gasteiger partial charge in [-0.05, 0) is 26.0 Å². The van der Waals surface area contributed by atoms with Crippen LogP contribution in [0, 0.1) is 11.6 Å². The molecule has 0 radical (unpaired) electrons. The van der Waals surface area contributed by atoms with Gasteiger partial charge in [0, 0.05) is 13.2 Å². The zero-order valence-electron chi connectivity index (χ0n) is 20.1. The van der Waals surface area contributed by atoms with Gasteiger partial charge in [-0.2, -0.15) is 9.97 Å². The summed E-state index contributed by atoms with van der Waals surface area (Å²) in [4.78, 5) is 34.2. The number of aryl methyl sites for hydroxylation is 1. The first-order valence-electron chi connectivity index (χ1n) is 11.3. The molecular formula is C23H22F2N12. The fourth-order valence-corrected chi connectivity index (χ4v) is 3.49. The van der Waals surface area contributed by atoms with E-state index < -0.39 is 17.7 Å². The molecule has 0 amide bonds. The molecule has 0 aliphatic heterocycles. The Morgan fingerprint density at radius 1 is 0.757 bits per heavy atom. The number of aromatic nitrogens is 9. The minimum atomic E-state index is -0.524. The molecule has 12 nitrogen and oxygen atoms in total. The zero-order chi connectivity index (χ0) is 25.9. The van der Waals surface area contributed by atoms with Crippen LogP contribution in [0.25, 0.3) is 11.0 Å². The van der Waals surface area contributed by atoms with E-state index in [2.05, 4.69) is 55.8 Å². The van der Waals surface area contributed by atoms with Crippen LogP contribution in [0.5, 0.6) is 0 Å². The number of rotatable bonds is 8. The number of halogens is 2. The molecule has 0 aliphatic rings. The summed E-state index contributed by atoms with van der Waals surface area (Å²) < 4.78 is 28.2. The smallest absolute Gasteiger partial charge is 0.227 e. The van der Waals surface area contributed by atoms with Gasteiger partial charge in [-0.15, -0.1) is 0 Å². The molecule has 14 heteroatoms. The molecule has 5 rings (SSSR count). The molecule has 0 bridgehead atoms. The summed E-state index contributed by atoms with van der Waals surface area (Å²) in [5.41, 5.74) is 0.389. The van der Waals surface area contributed by atoms with Crippen molar-refractivity contribution >= 4 is 34.4 Å². The Balaban J connectivity index is 1.47. The first-order valence-corrected chi connectivity index (χ1v) is 11.3. The lowest BCUT2D eigenvalue weighted by Crippen LogP contribution is -2.14. The van der Waals surface area contributed by atoms with Crippen molar-refractivity contribution in [3.05, 3.63) is 72.7 Å². The van der Waals surface area contributed by atoms with Crippen molar-refractivity contribution < 1.29 is 8.78 Å². The molecule has 0 fully saturated rings. The van der Waals surface area contributed by atoms with E-state index in [9.17, 15) is 8.78 Å². The summed E-state index contributed by atoms with van der Waals surface area (Å²) in [7, 11) is 1.86. The molecule has 2 atom stereocenters. The highest BCUT2D eigenvalue weighted by atomic mass is 19.1. The SMILES string of the molecule is C[C@@H](Nc1ccc2c(Nc3cn(C)cn3)nc(N[C@H](C)c3ncc(F)cn3)nc2n1)c1ncc(F)cn1. The second kappa shape index (κ2) is 10.0. The molecule has 5 aromatic rings. The lowest BCUT2D eigenvalue weighted by molar-refractivity contribution is 0.604. The van der Waals surface area contributed by atoms with Crippen LogP contribution in [0.3, 0.4) is 0 Å². The molecule has 0 saturated carbocycles. The van der Waals surface area contributed by atoms with Crippen LogP contribution in [-0.4, -0.2) is 44.4 Å². The van der Waals surface area contributed by atoms with Crippen molar-refractivity contribution in [3.63, 3.8) is 0 Å². The van der Waals surface area contributed by atoms with Crippen LogP contribution in [-0.2, 0) is 7.05 Å². The molecule has 188 valence electrons. The maximum Gasteiger partial charge on any atom is 0.227 e. The zero-order valence-corrected chi connectivity index (χ0v) is 20.1. The Morgan fingerprint density at radius 2 is 1.38 bits per heavy atom. The van der Waals surface area contributed by atoms with Crippen LogP contribution in [0.2, 0.25) is 0 Å². The van der Waals surface area contributed by atoms with Gasteiger partial charge in [0.2, 0.25) is 5.95 Å². The predicted molar refractivity (Wildman–Crippen MR) is 132 cm³/mol. The third kappa shape index (κ3) is 5.52. The van der Waals surface area contributed by atoms with Crippen LogP contribution in [0.4, 0.5) is 32.2 Å². The van der Waals surface area contributed by atoms with Gasteiger partial charge >= 0.3 is 0 Å². The minimum absolute atomic E-state index is 0.255. The average Bonchev–Trinajstić information content (AvgIpc) is 3.29. The fourth-order valence-electron chi connectivity index (χ4n) is 3.49. The maximum atomic E-state index is 13.2. The van der Waals surface area contributed by atoms with Crippen molar-refractivity contribution in [1.29, 1.82) is 0 Å². The van der Waals surface area contributed by atoms with Crippen LogP contribution < -0.4 is 16.0 Å². The summed E-state index contributed by atoms with van der Waals surface area (Å²) in [6, 6.07) is 2.84. The van der Waals surface area contributed by atoms with Crippen molar-refractivity contribution in [2.24, 2.45) is 7.05 Å². The van der Waals surface area contributed by atoms with E-state index in [4.69, 9.17) is 0 Å². The van der Waals surface area contributed by atoms with Gasteiger partial charge in [0.25, 0.3) is 0 Å². The Hall–Kier alpha value is -4.88. The number of imidazole rings is 1. The highest BCUT2D eigenvalue weighted by Gasteiger charge is 2.16. The quantitative estimate of drug-likeness (QED) is 0.284. The standard InChI is InChI=1S/C23H22F2N12/c1-12(19-26-6-14(24)7-27-19)31-17-5-4-16-21(33-17)35-23(32-13(2)20-28-8-15(25)9-29-20)36-22(16)34-18-10-37(3)11-30-18/h4-13H,1-3H3,(H3,31,32,33,34,35,36)/t12-,13-/m1/s1. The van der Waals surface area contributed by atoms with Crippen LogP contribution in [0.1, 0.15) is 37.6 Å². The number of pyridine rings is 1. The normalized spacial score (nSPS) is 12.8. The van der Waals surface area contributed by atoms with E-state index in [1.165, 1.54) is 0 Å². The topological polar surface area (TPSA) is 144 Å². The summed E-state index contributed by atoms with van der Waals surface area (Å²) in [6.07, 6.45) is 7.90. The predicted octanol–water partition coefficient (Wildman–Crippen LogP) is 3.71. The van der Waals surface area contributed by atoms with Crippen LogP contribution in [0.15, 0.2) is 49.4 Å². The summed E-state index contributed by atoms with van der Waals surface area (Å²) in [5, 5.41) is 10.2. The highest BCUT2D eigenvalue weighted by molar-refractivity contribution is 5.90. The third-order valence-corrected chi connectivity index (χ3v) is 5.28. The lowest BCUT2D eigenvalue weighted by atomic mass is 10.2. The third-order valence-electron chi connectivity index (χ3n) is 5.28. The summed E-state index contributed by atoms with van der Waals surface area (Å²) >= 11 is 0. The molecule has 3 N–H and O–H groups in total. The van der Waals surface area contributed by atoms with Gasteiger partial charge in [0.15, 0.2) is 17.3 Å². The second-order valence-electron chi connectivity index (χ2n) is 8.26. The molecule has 0 spiro atoms. The largest absolute Gasteiger partial charge is 0.360 e. The van der Waals surface area contributed by atoms with Gasteiger partial charge in [-0.1, -0.05) is 0 Å². The van der Waals surface area contributed by atoms with Crippen molar-refractivity contribution in [2.75, 3.05) is 16.0 Å². The van der Waals surface area contributed by atoms with E-state index >= 15 is 0 Å². The Bertz CT molecular complexity index is 1520.